The zero-order valence-corrected chi connectivity index (χ0v) is 8.59. The van der Waals surface area contributed by atoms with Gasteiger partial charge in [-0.25, -0.2) is 4.98 Å². The zero-order valence-electron chi connectivity index (χ0n) is 8.59. The molecule has 3 heteroatoms. The van der Waals surface area contributed by atoms with Crippen LogP contribution in [0.25, 0.3) is 0 Å². The summed E-state index contributed by atoms with van der Waals surface area (Å²) in [6.45, 7) is 2.04. The van der Waals surface area contributed by atoms with Gasteiger partial charge in [-0.1, -0.05) is 6.42 Å². The summed E-state index contributed by atoms with van der Waals surface area (Å²) in [5.41, 5.74) is 1.13. The second-order valence-electron chi connectivity index (χ2n) is 4.84. The van der Waals surface area contributed by atoms with Gasteiger partial charge < -0.3 is 10.3 Å². The molecule has 1 aromatic heterocycles. The Hall–Kier alpha value is -0.990. The summed E-state index contributed by atoms with van der Waals surface area (Å²) in [5.74, 6) is 2.86. The van der Waals surface area contributed by atoms with Gasteiger partial charge in [0.05, 0.1) is 0 Å². The fraction of sp³-hybridized carbons (Fsp3) is 0.727. The molecule has 0 amide bonds. The summed E-state index contributed by atoms with van der Waals surface area (Å²) in [5, 5.41) is 3.53. The molecule has 76 valence electrons. The number of aromatic nitrogens is 2. The molecule has 1 heterocycles. The van der Waals surface area contributed by atoms with E-state index < -0.39 is 0 Å². The predicted molar refractivity (Wildman–Crippen MR) is 56.2 cm³/mol. The van der Waals surface area contributed by atoms with E-state index in [0.29, 0.717) is 6.04 Å². The first-order valence-corrected chi connectivity index (χ1v) is 5.59. The standard InChI is InChI=1S/C11H17N3/c1-7-6-12-11(13-7)14-10-5-8-2-3-9(10)4-8/h6,8-10H,2-5H2,1H3,(H2,12,13,14). The van der Waals surface area contributed by atoms with Crippen molar-refractivity contribution in [2.75, 3.05) is 5.32 Å². The Kier molecular flexibility index (Phi) is 1.79. The first-order chi connectivity index (χ1) is 6.81. The van der Waals surface area contributed by atoms with Crippen LogP contribution in [0.1, 0.15) is 31.4 Å². The Morgan fingerprint density at radius 3 is 2.93 bits per heavy atom. The summed E-state index contributed by atoms with van der Waals surface area (Å²) < 4.78 is 0. The Morgan fingerprint density at radius 1 is 1.43 bits per heavy atom. The third-order valence-electron chi connectivity index (χ3n) is 3.76. The number of hydrogen-bond donors (Lipinski definition) is 2. The Morgan fingerprint density at radius 2 is 2.36 bits per heavy atom. The maximum Gasteiger partial charge on any atom is 0.200 e. The molecule has 0 aromatic carbocycles. The third kappa shape index (κ3) is 1.31. The van der Waals surface area contributed by atoms with Gasteiger partial charge in [0.1, 0.15) is 0 Å². The van der Waals surface area contributed by atoms with Crippen molar-refractivity contribution in [1.82, 2.24) is 9.97 Å². The molecule has 14 heavy (non-hydrogen) atoms. The molecule has 3 unspecified atom stereocenters. The first-order valence-electron chi connectivity index (χ1n) is 5.59. The predicted octanol–water partition coefficient (Wildman–Crippen LogP) is 2.32. The molecule has 2 aliphatic rings. The van der Waals surface area contributed by atoms with Crippen LogP contribution >= 0.6 is 0 Å². The normalized spacial score (nSPS) is 35.1. The highest BCUT2D eigenvalue weighted by Gasteiger charge is 2.39. The molecule has 2 saturated carbocycles. The minimum Gasteiger partial charge on any atom is -0.353 e. The van der Waals surface area contributed by atoms with E-state index in [9.17, 15) is 0 Å². The maximum atomic E-state index is 4.30. The fourth-order valence-electron chi connectivity index (χ4n) is 3.08. The molecule has 2 N–H and O–H groups in total. The molecule has 2 aliphatic carbocycles. The van der Waals surface area contributed by atoms with E-state index in [1.54, 1.807) is 0 Å². The molecule has 0 radical (unpaired) electrons. The highest BCUT2D eigenvalue weighted by atomic mass is 15.1. The van der Waals surface area contributed by atoms with Crippen LogP contribution in [0.4, 0.5) is 5.95 Å². The zero-order chi connectivity index (χ0) is 9.54. The number of imidazole rings is 1. The molecule has 2 bridgehead atoms. The number of H-pyrrole nitrogens is 1. The minimum atomic E-state index is 0.680. The summed E-state index contributed by atoms with van der Waals surface area (Å²) in [4.78, 5) is 7.54. The number of rotatable bonds is 2. The summed E-state index contributed by atoms with van der Waals surface area (Å²) >= 11 is 0. The van der Waals surface area contributed by atoms with Crippen LogP contribution < -0.4 is 5.32 Å². The van der Waals surface area contributed by atoms with Crippen LogP contribution in [-0.4, -0.2) is 16.0 Å². The van der Waals surface area contributed by atoms with Crippen LogP contribution in [0.3, 0.4) is 0 Å². The molecule has 3 nitrogen and oxygen atoms in total. The van der Waals surface area contributed by atoms with Crippen molar-refractivity contribution in [3.05, 3.63) is 11.9 Å². The monoisotopic (exact) mass is 191 g/mol. The molecule has 1 aromatic rings. The van der Waals surface area contributed by atoms with E-state index in [-0.39, 0.29) is 0 Å². The number of fused-ring (bicyclic) bond motifs is 2. The van der Waals surface area contributed by atoms with Crippen molar-refractivity contribution < 1.29 is 0 Å². The van der Waals surface area contributed by atoms with Crippen molar-refractivity contribution in [2.24, 2.45) is 11.8 Å². The number of hydrogen-bond acceptors (Lipinski definition) is 2. The molecule has 3 rings (SSSR count). The van der Waals surface area contributed by atoms with Gasteiger partial charge in [0, 0.05) is 17.9 Å². The molecule has 0 spiro atoms. The van der Waals surface area contributed by atoms with Gasteiger partial charge in [0.2, 0.25) is 5.95 Å². The van der Waals surface area contributed by atoms with Gasteiger partial charge in [-0.05, 0) is 38.0 Å². The fourth-order valence-corrected chi connectivity index (χ4v) is 3.08. The lowest BCUT2D eigenvalue weighted by Crippen LogP contribution is -2.26. The molecule has 2 fully saturated rings. The van der Waals surface area contributed by atoms with Crippen LogP contribution in [0.15, 0.2) is 6.20 Å². The molecule has 0 aliphatic heterocycles. The lowest BCUT2D eigenvalue weighted by Gasteiger charge is -2.22. The minimum absolute atomic E-state index is 0.680. The largest absolute Gasteiger partial charge is 0.353 e. The lowest BCUT2D eigenvalue weighted by atomic mass is 9.95. The number of aryl methyl sites for hydroxylation is 1. The van der Waals surface area contributed by atoms with Gasteiger partial charge in [-0.15, -0.1) is 0 Å². The van der Waals surface area contributed by atoms with Crippen molar-refractivity contribution in [3.63, 3.8) is 0 Å². The van der Waals surface area contributed by atoms with Crippen molar-refractivity contribution in [2.45, 2.75) is 38.6 Å². The average molecular weight is 191 g/mol. The summed E-state index contributed by atoms with van der Waals surface area (Å²) in [6.07, 6.45) is 7.55. The van der Waals surface area contributed by atoms with Gasteiger partial charge in [0.15, 0.2) is 0 Å². The van der Waals surface area contributed by atoms with E-state index in [0.717, 1.165) is 23.5 Å². The van der Waals surface area contributed by atoms with Crippen molar-refractivity contribution >= 4 is 5.95 Å². The van der Waals surface area contributed by atoms with Gasteiger partial charge in [-0.3, -0.25) is 0 Å². The van der Waals surface area contributed by atoms with E-state index in [1.807, 2.05) is 13.1 Å². The second-order valence-corrected chi connectivity index (χ2v) is 4.84. The quantitative estimate of drug-likeness (QED) is 0.753. The third-order valence-corrected chi connectivity index (χ3v) is 3.76. The lowest BCUT2D eigenvalue weighted by molar-refractivity contribution is 0.438. The second kappa shape index (κ2) is 3.01. The van der Waals surface area contributed by atoms with Gasteiger partial charge in [-0.2, -0.15) is 0 Å². The van der Waals surface area contributed by atoms with Crippen molar-refractivity contribution in [3.8, 4) is 0 Å². The summed E-state index contributed by atoms with van der Waals surface area (Å²) in [6, 6.07) is 0.680. The molecule has 3 atom stereocenters. The van der Waals surface area contributed by atoms with Crippen LogP contribution in [0, 0.1) is 18.8 Å². The maximum absolute atomic E-state index is 4.30. The topological polar surface area (TPSA) is 40.7 Å². The van der Waals surface area contributed by atoms with Gasteiger partial charge in [0.25, 0.3) is 0 Å². The number of nitrogens with one attached hydrogen (secondary N) is 2. The molecule has 0 saturated heterocycles. The number of nitrogens with zero attached hydrogens (tertiary/aromatic N) is 1. The molecular formula is C11H17N3. The van der Waals surface area contributed by atoms with E-state index in [4.69, 9.17) is 0 Å². The number of aromatic amines is 1. The van der Waals surface area contributed by atoms with Gasteiger partial charge >= 0.3 is 0 Å². The van der Waals surface area contributed by atoms with E-state index in [1.165, 1.54) is 25.7 Å². The SMILES string of the molecule is Cc1cnc(NC2CC3CCC2C3)[nH]1. The van der Waals surface area contributed by atoms with E-state index >= 15 is 0 Å². The highest BCUT2D eigenvalue weighted by molar-refractivity contribution is 5.29. The van der Waals surface area contributed by atoms with Crippen molar-refractivity contribution in [1.29, 1.82) is 0 Å². The highest BCUT2D eigenvalue weighted by Crippen LogP contribution is 2.45. The van der Waals surface area contributed by atoms with Crippen LogP contribution in [0.2, 0.25) is 0 Å². The number of anilines is 1. The smallest absolute Gasteiger partial charge is 0.200 e. The average Bonchev–Trinajstić information content (AvgIpc) is 2.82. The first kappa shape index (κ1) is 8.33. The summed E-state index contributed by atoms with van der Waals surface area (Å²) in [7, 11) is 0. The van der Waals surface area contributed by atoms with Crippen LogP contribution in [0.5, 0.6) is 0 Å². The van der Waals surface area contributed by atoms with Crippen LogP contribution in [-0.2, 0) is 0 Å². The molecular weight excluding hydrogens is 174 g/mol. The van der Waals surface area contributed by atoms with E-state index in [2.05, 4.69) is 15.3 Å². The Bertz CT molecular complexity index is 331. The Balaban J connectivity index is 1.68. The Labute approximate surface area is 84.3 Å².